The SMILES string of the molecule is c1cc2c(c(-c3cccc4cc[nH]c34)c1)OCC2. The minimum Gasteiger partial charge on any atom is -0.492 e. The predicted molar refractivity (Wildman–Crippen MR) is 72.9 cm³/mol. The maximum atomic E-state index is 5.80. The molecule has 0 fully saturated rings. The molecule has 0 radical (unpaired) electrons. The van der Waals surface area contributed by atoms with E-state index in [0.717, 1.165) is 18.8 Å². The van der Waals surface area contributed by atoms with Gasteiger partial charge in [0.15, 0.2) is 0 Å². The van der Waals surface area contributed by atoms with Crippen molar-refractivity contribution in [2.24, 2.45) is 0 Å². The Labute approximate surface area is 105 Å². The number of aromatic amines is 1. The highest BCUT2D eigenvalue weighted by Gasteiger charge is 2.18. The van der Waals surface area contributed by atoms with E-state index in [4.69, 9.17) is 4.74 Å². The first kappa shape index (κ1) is 9.77. The lowest BCUT2D eigenvalue weighted by Gasteiger charge is -2.09. The molecule has 2 aromatic carbocycles. The standard InChI is InChI=1S/C16H13NO/c1-3-11-7-9-17-15(11)13(5-1)14-6-2-4-12-8-10-18-16(12)14/h1-7,9,17H,8,10H2. The van der Waals surface area contributed by atoms with E-state index in [-0.39, 0.29) is 0 Å². The number of hydrogen-bond donors (Lipinski definition) is 1. The van der Waals surface area contributed by atoms with E-state index in [1.807, 2.05) is 6.20 Å². The highest BCUT2D eigenvalue weighted by atomic mass is 16.5. The Morgan fingerprint density at radius 2 is 1.83 bits per heavy atom. The lowest BCUT2D eigenvalue weighted by molar-refractivity contribution is 0.358. The second-order valence-electron chi connectivity index (χ2n) is 4.64. The van der Waals surface area contributed by atoms with Crippen LogP contribution in [0.1, 0.15) is 5.56 Å². The van der Waals surface area contributed by atoms with Gasteiger partial charge in [-0.25, -0.2) is 0 Å². The van der Waals surface area contributed by atoms with E-state index in [2.05, 4.69) is 47.4 Å². The molecule has 0 saturated heterocycles. The Bertz CT molecular complexity index is 727. The van der Waals surface area contributed by atoms with E-state index >= 15 is 0 Å². The molecule has 2 heteroatoms. The van der Waals surface area contributed by atoms with Gasteiger partial charge < -0.3 is 9.72 Å². The number of nitrogens with one attached hydrogen (secondary N) is 1. The third kappa shape index (κ3) is 1.29. The molecule has 1 aromatic heterocycles. The average Bonchev–Trinajstić information content (AvgIpc) is 3.06. The van der Waals surface area contributed by atoms with Gasteiger partial charge in [-0.05, 0) is 17.0 Å². The summed E-state index contributed by atoms with van der Waals surface area (Å²) in [6.45, 7) is 0.799. The highest BCUT2D eigenvalue weighted by Crippen LogP contribution is 2.39. The Hall–Kier alpha value is -2.22. The average molecular weight is 235 g/mol. The summed E-state index contributed by atoms with van der Waals surface area (Å²) in [5.41, 5.74) is 4.91. The van der Waals surface area contributed by atoms with Crippen molar-refractivity contribution in [3.63, 3.8) is 0 Å². The molecule has 0 saturated carbocycles. The van der Waals surface area contributed by atoms with Gasteiger partial charge in [-0.3, -0.25) is 0 Å². The van der Waals surface area contributed by atoms with E-state index in [1.165, 1.54) is 27.6 Å². The van der Waals surface area contributed by atoms with Crippen LogP contribution >= 0.6 is 0 Å². The molecule has 1 aliphatic rings. The Balaban J connectivity index is 2.03. The van der Waals surface area contributed by atoms with Gasteiger partial charge in [-0.15, -0.1) is 0 Å². The van der Waals surface area contributed by atoms with Crippen LogP contribution in [0.4, 0.5) is 0 Å². The van der Waals surface area contributed by atoms with Gasteiger partial charge in [0.05, 0.1) is 12.1 Å². The minimum atomic E-state index is 0.799. The molecule has 0 unspecified atom stereocenters. The second kappa shape index (κ2) is 3.64. The topological polar surface area (TPSA) is 25.0 Å². The largest absolute Gasteiger partial charge is 0.492 e. The number of rotatable bonds is 1. The number of ether oxygens (including phenoxy) is 1. The fraction of sp³-hybridized carbons (Fsp3) is 0.125. The Morgan fingerprint density at radius 3 is 2.83 bits per heavy atom. The molecule has 0 aliphatic carbocycles. The van der Waals surface area contributed by atoms with Crippen molar-refractivity contribution < 1.29 is 4.74 Å². The number of hydrogen-bond acceptors (Lipinski definition) is 1. The van der Waals surface area contributed by atoms with Gasteiger partial charge >= 0.3 is 0 Å². The smallest absolute Gasteiger partial charge is 0.130 e. The summed E-state index contributed by atoms with van der Waals surface area (Å²) < 4.78 is 5.80. The zero-order chi connectivity index (χ0) is 11.9. The first-order chi connectivity index (χ1) is 8.93. The summed E-state index contributed by atoms with van der Waals surface area (Å²) in [5.74, 6) is 1.06. The summed E-state index contributed by atoms with van der Waals surface area (Å²) in [4.78, 5) is 3.32. The summed E-state index contributed by atoms with van der Waals surface area (Å²) in [6, 6.07) is 14.9. The van der Waals surface area contributed by atoms with Crippen LogP contribution < -0.4 is 4.74 Å². The molecule has 0 bridgehead atoms. The predicted octanol–water partition coefficient (Wildman–Crippen LogP) is 3.77. The second-order valence-corrected chi connectivity index (χ2v) is 4.64. The third-order valence-corrected chi connectivity index (χ3v) is 3.59. The summed E-state index contributed by atoms with van der Waals surface area (Å²) in [7, 11) is 0. The lowest BCUT2D eigenvalue weighted by Crippen LogP contribution is -1.89. The molecule has 18 heavy (non-hydrogen) atoms. The first-order valence-corrected chi connectivity index (χ1v) is 6.25. The monoisotopic (exact) mass is 235 g/mol. The zero-order valence-corrected chi connectivity index (χ0v) is 9.94. The van der Waals surface area contributed by atoms with E-state index in [9.17, 15) is 0 Å². The van der Waals surface area contributed by atoms with Gasteiger partial charge in [0.2, 0.25) is 0 Å². The number of H-pyrrole nitrogens is 1. The maximum Gasteiger partial charge on any atom is 0.130 e. The molecule has 0 spiro atoms. The molecule has 2 nitrogen and oxygen atoms in total. The molecule has 1 N–H and O–H groups in total. The number of fused-ring (bicyclic) bond motifs is 2. The van der Waals surface area contributed by atoms with Crippen LogP contribution in [0.15, 0.2) is 48.7 Å². The van der Waals surface area contributed by atoms with Gasteiger partial charge in [0.1, 0.15) is 5.75 Å². The normalized spacial score (nSPS) is 13.6. The molecule has 0 atom stereocenters. The van der Waals surface area contributed by atoms with Gasteiger partial charge in [0.25, 0.3) is 0 Å². The fourth-order valence-electron chi connectivity index (χ4n) is 2.74. The molecular formula is C16H13NO. The molecular weight excluding hydrogens is 222 g/mol. The van der Waals surface area contributed by atoms with Gasteiger partial charge in [0, 0.05) is 23.7 Å². The summed E-state index contributed by atoms with van der Waals surface area (Å²) >= 11 is 0. The Morgan fingerprint density at radius 1 is 0.944 bits per heavy atom. The maximum absolute atomic E-state index is 5.80. The van der Waals surface area contributed by atoms with Crippen LogP contribution in [0.5, 0.6) is 5.75 Å². The minimum absolute atomic E-state index is 0.799. The van der Waals surface area contributed by atoms with Crippen LogP contribution in [0.3, 0.4) is 0 Å². The van der Waals surface area contributed by atoms with Crippen molar-refractivity contribution >= 4 is 10.9 Å². The van der Waals surface area contributed by atoms with Crippen molar-refractivity contribution in [2.45, 2.75) is 6.42 Å². The van der Waals surface area contributed by atoms with Crippen LogP contribution in [0.2, 0.25) is 0 Å². The highest BCUT2D eigenvalue weighted by molar-refractivity contribution is 5.95. The molecule has 0 amide bonds. The van der Waals surface area contributed by atoms with Crippen LogP contribution in [-0.4, -0.2) is 11.6 Å². The van der Waals surface area contributed by atoms with Crippen molar-refractivity contribution in [1.82, 2.24) is 4.98 Å². The van der Waals surface area contributed by atoms with E-state index in [1.54, 1.807) is 0 Å². The molecule has 4 rings (SSSR count). The van der Waals surface area contributed by atoms with Crippen molar-refractivity contribution in [1.29, 1.82) is 0 Å². The van der Waals surface area contributed by atoms with E-state index < -0.39 is 0 Å². The van der Waals surface area contributed by atoms with Gasteiger partial charge in [-0.2, -0.15) is 0 Å². The lowest BCUT2D eigenvalue weighted by atomic mass is 9.99. The molecule has 3 aromatic rings. The Kier molecular flexibility index (Phi) is 1.97. The third-order valence-electron chi connectivity index (χ3n) is 3.59. The molecule has 2 heterocycles. The summed E-state index contributed by atoms with van der Waals surface area (Å²) in [5, 5.41) is 1.24. The van der Waals surface area contributed by atoms with Gasteiger partial charge in [-0.1, -0.05) is 36.4 Å². The number of aromatic nitrogens is 1. The number of para-hydroxylation sites is 2. The van der Waals surface area contributed by atoms with Crippen LogP contribution in [0, 0.1) is 0 Å². The molecule has 1 aliphatic heterocycles. The zero-order valence-electron chi connectivity index (χ0n) is 9.94. The van der Waals surface area contributed by atoms with Crippen LogP contribution in [0.25, 0.3) is 22.0 Å². The van der Waals surface area contributed by atoms with Crippen molar-refractivity contribution in [3.8, 4) is 16.9 Å². The van der Waals surface area contributed by atoms with Crippen LogP contribution in [-0.2, 0) is 6.42 Å². The molecule has 88 valence electrons. The quantitative estimate of drug-likeness (QED) is 0.682. The van der Waals surface area contributed by atoms with Crippen molar-refractivity contribution in [3.05, 3.63) is 54.2 Å². The number of benzene rings is 2. The summed E-state index contributed by atoms with van der Waals surface area (Å²) in [6.07, 6.45) is 3.00. The fourth-order valence-corrected chi connectivity index (χ4v) is 2.74. The van der Waals surface area contributed by atoms with E-state index in [0.29, 0.717) is 0 Å². The van der Waals surface area contributed by atoms with Crippen molar-refractivity contribution in [2.75, 3.05) is 6.61 Å². The first-order valence-electron chi connectivity index (χ1n) is 6.25.